The van der Waals surface area contributed by atoms with E-state index in [1.54, 1.807) is 13.4 Å². The van der Waals surface area contributed by atoms with Crippen molar-refractivity contribution in [1.82, 2.24) is 14.5 Å². The summed E-state index contributed by atoms with van der Waals surface area (Å²) < 4.78 is 1.49. The van der Waals surface area contributed by atoms with Gasteiger partial charge in [0.15, 0.2) is 0 Å². The van der Waals surface area contributed by atoms with E-state index in [-0.39, 0.29) is 5.56 Å². The minimum absolute atomic E-state index is 0.0684. The van der Waals surface area contributed by atoms with Crippen LogP contribution >= 0.6 is 0 Å². The number of nitrogens with one attached hydrogen (secondary N) is 1. The fraction of sp³-hybridized carbons (Fsp3) is 0.278. The highest BCUT2D eigenvalue weighted by Gasteiger charge is 2.24. The highest BCUT2D eigenvalue weighted by atomic mass is 16.1. The van der Waals surface area contributed by atoms with Crippen molar-refractivity contribution in [3.8, 4) is 11.3 Å². The molecule has 1 N–H and O–H groups in total. The summed E-state index contributed by atoms with van der Waals surface area (Å²) in [6.45, 7) is 2.06. The van der Waals surface area contributed by atoms with Crippen LogP contribution in [0.25, 0.3) is 22.2 Å². The van der Waals surface area contributed by atoms with E-state index in [1.165, 1.54) is 10.1 Å². The zero-order valence-corrected chi connectivity index (χ0v) is 13.2. The molecule has 0 atom stereocenters. The first-order valence-corrected chi connectivity index (χ1v) is 7.82. The van der Waals surface area contributed by atoms with Gasteiger partial charge in [-0.25, -0.2) is 9.97 Å². The van der Waals surface area contributed by atoms with Crippen LogP contribution in [-0.4, -0.2) is 20.6 Å². The number of rotatable bonds is 3. The van der Waals surface area contributed by atoms with Crippen LogP contribution in [0.5, 0.6) is 0 Å². The Bertz CT molecular complexity index is 940. The summed E-state index contributed by atoms with van der Waals surface area (Å²) in [7, 11) is 1.71. The van der Waals surface area contributed by atoms with Crippen LogP contribution in [0.4, 0.5) is 5.82 Å². The molecule has 1 fully saturated rings. The van der Waals surface area contributed by atoms with Gasteiger partial charge in [0.1, 0.15) is 11.2 Å². The number of pyridine rings is 1. The molecule has 1 saturated carbocycles. The molecule has 3 aromatic rings. The predicted octanol–water partition coefficient (Wildman–Crippen LogP) is 2.88. The van der Waals surface area contributed by atoms with Crippen molar-refractivity contribution in [2.75, 3.05) is 5.32 Å². The van der Waals surface area contributed by atoms with Gasteiger partial charge in [-0.3, -0.25) is 4.79 Å². The number of aryl methyl sites for hydroxylation is 2. The summed E-state index contributed by atoms with van der Waals surface area (Å²) in [4.78, 5) is 21.6. The van der Waals surface area contributed by atoms with Crippen LogP contribution < -0.4 is 10.9 Å². The van der Waals surface area contributed by atoms with Crippen LogP contribution in [0, 0.1) is 6.92 Å². The van der Waals surface area contributed by atoms with E-state index in [0.717, 1.165) is 24.1 Å². The smallest absolute Gasteiger partial charge is 0.264 e. The monoisotopic (exact) mass is 306 g/mol. The number of hydrogen-bond donors (Lipinski definition) is 1. The molecule has 23 heavy (non-hydrogen) atoms. The van der Waals surface area contributed by atoms with Crippen molar-refractivity contribution >= 4 is 16.7 Å². The normalized spacial score (nSPS) is 14.2. The summed E-state index contributed by atoms with van der Waals surface area (Å²) in [6.07, 6.45) is 3.81. The lowest BCUT2D eigenvalue weighted by Crippen LogP contribution is -2.19. The van der Waals surface area contributed by atoms with Gasteiger partial charge in [0, 0.05) is 18.7 Å². The largest absolute Gasteiger partial charge is 0.367 e. The second kappa shape index (κ2) is 5.19. The van der Waals surface area contributed by atoms with Crippen molar-refractivity contribution in [3.05, 3.63) is 52.6 Å². The van der Waals surface area contributed by atoms with E-state index in [0.29, 0.717) is 22.8 Å². The lowest BCUT2D eigenvalue weighted by molar-refractivity contribution is 0.842. The molecule has 1 aliphatic carbocycles. The second-order valence-corrected chi connectivity index (χ2v) is 6.20. The van der Waals surface area contributed by atoms with Gasteiger partial charge in [0.2, 0.25) is 0 Å². The lowest BCUT2D eigenvalue weighted by atomic mass is 10.1. The van der Waals surface area contributed by atoms with Gasteiger partial charge in [-0.2, -0.15) is 0 Å². The summed E-state index contributed by atoms with van der Waals surface area (Å²) in [5.41, 5.74) is 3.68. The molecule has 0 saturated heterocycles. The Kier molecular flexibility index (Phi) is 3.15. The van der Waals surface area contributed by atoms with E-state index >= 15 is 0 Å². The van der Waals surface area contributed by atoms with Gasteiger partial charge in [0.25, 0.3) is 5.56 Å². The molecule has 4 rings (SSSR count). The van der Waals surface area contributed by atoms with Crippen LogP contribution in [0.3, 0.4) is 0 Å². The quantitative estimate of drug-likeness (QED) is 0.808. The number of fused-ring (bicyclic) bond motifs is 1. The summed E-state index contributed by atoms with van der Waals surface area (Å²) in [6, 6.07) is 10.5. The lowest BCUT2D eigenvalue weighted by Gasteiger charge is -2.11. The third-order valence-corrected chi connectivity index (χ3v) is 4.17. The molecule has 2 heterocycles. The Morgan fingerprint density at radius 1 is 1.22 bits per heavy atom. The molecule has 5 nitrogen and oxygen atoms in total. The molecule has 0 amide bonds. The SMILES string of the molecule is Cc1ccc(-c2cc3ncn(C)c(=O)c3c(NC3CC3)n2)cc1. The van der Waals surface area contributed by atoms with Crippen LogP contribution in [0.15, 0.2) is 41.5 Å². The van der Waals surface area contributed by atoms with Gasteiger partial charge in [-0.15, -0.1) is 0 Å². The van der Waals surface area contributed by atoms with Gasteiger partial charge in [-0.05, 0) is 25.8 Å². The zero-order valence-electron chi connectivity index (χ0n) is 13.2. The third kappa shape index (κ3) is 2.59. The maximum absolute atomic E-state index is 12.5. The van der Waals surface area contributed by atoms with E-state index in [2.05, 4.69) is 29.4 Å². The Morgan fingerprint density at radius 2 is 1.96 bits per heavy atom. The topological polar surface area (TPSA) is 59.8 Å². The van der Waals surface area contributed by atoms with E-state index < -0.39 is 0 Å². The molecule has 0 bridgehead atoms. The maximum Gasteiger partial charge on any atom is 0.264 e. The van der Waals surface area contributed by atoms with Crippen LogP contribution in [-0.2, 0) is 7.05 Å². The average molecular weight is 306 g/mol. The maximum atomic E-state index is 12.5. The Labute approximate surface area is 134 Å². The Balaban J connectivity index is 1.94. The predicted molar refractivity (Wildman–Crippen MR) is 91.6 cm³/mol. The fourth-order valence-corrected chi connectivity index (χ4v) is 2.62. The summed E-state index contributed by atoms with van der Waals surface area (Å²) in [5.74, 6) is 0.647. The molecule has 0 spiro atoms. The molecule has 2 aromatic heterocycles. The van der Waals surface area contributed by atoms with Gasteiger partial charge in [0.05, 0.1) is 17.5 Å². The van der Waals surface area contributed by atoms with Crippen molar-refractivity contribution in [2.24, 2.45) is 7.05 Å². The average Bonchev–Trinajstić information content (AvgIpc) is 3.35. The molecule has 0 radical (unpaired) electrons. The first kappa shape index (κ1) is 13.9. The van der Waals surface area contributed by atoms with Crippen LogP contribution in [0.1, 0.15) is 18.4 Å². The molecule has 5 heteroatoms. The van der Waals surface area contributed by atoms with Gasteiger partial charge >= 0.3 is 0 Å². The van der Waals surface area contributed by atoms with Crippen molar-refractivity contribution in [2.45, 2.75) is 25.8 Å². The summed E-state index contributed by atoms with van der Waals surface area (Å²) in [5, 5.41) is 3.95. The molecule has 0 unspecified atom stereocenters. The van der Waals surface area contributed by atoms with E-state index in [4.69, 9.17) is 4.98 Å². The number of anilines is 1. The van der Waals surface area contributed by atoms with Crippen LogP contribution in [0.2, 0.25) is 0 Å². The molecular weight excluding hydrogens is 288 g/mol. The van der Waals surface area contributed by atoms with Crippen molar-refractivity contribution in [1.29, 1.82) is 0 Å². The van der Waals surface area contributed by atoms with Crippen molar-refractivity contribution < 1.29 is 0 Å². The number of hydrogen-bond acceptors (Lipinski definition) is 4. The molecular formula is C18H18N4O. The Morgan fingerprint density at radius 3 is 2.65 bits per heavy atom. The van der Waals surface area contributed by atoms with Gasteiger partial charge < -0.3 is 9.88 Å². The molecule has 116 valence electrons. The fourth-order valence-electron chi connectivity index (χ4n) is 2.62. The third-order valence-electron chi connectivity index (χ3n) is 4.17. The minimum atomic E-state index is -0.0684. The molecule has 1 aromatic carbocycles. The number of aromatic nitrogens is 3. The second-order valence-electron chi connectivity index (χ2n) is 6.20. The molecule has 0 aliphatic heterocycles. The first-order chi connectivity index (χ1) is 11.1. The van der Waals surface area contributed by atoms with Gasteiger partial charge in [-0.1, -0.05) is 29.8 Å². The number of benzene rings is 1. The minimum Gasteiger partial charge on any atom is -0.367 e. The first-order valence-electron chi connectivity index (χ1n) is 7.82. The summed E-state index contributed by atoms with van der Waals surface area (Å²) >= 11 is 0. The van der Waals surface area contributed by atoms with E-state index in [9.17, 15) is 4.79 Å². The number of nitrogens with zero attached hydrogens (tertiary/aromatic N) is 3. The standard InChI is InChI=1S/C18H18N4O/c1-11-3-5-12(6-4-11)14-9-15-16(18(23)22(2)10-19-15)17(21-14)20-13-7-8-13/h3-6,9-10,13H,7-8H2,1-2H3,(H,20,21). The van der Waals surface area contributed by atoms with Crippen molar-refractivity contribution in [3.63, 3.8) is 0 Å². The van der Waals surface area contributed by atoms with E-state index in [1.807, 2.05) is 18.2 Å². The molecule has 1 aliphatic rings. The highest BCUT2D eigenvalue weighted by molar-refractivity contribution is 5.91. The zero-order chi connectivity index (χ0) is 16.0. The highest BCUT2D eigenvalue weighted by Crippen LogP contribution is 2.29. The Hall–Kier alpha value is -2.69.